The lowest BCUT2D eigenvalue weighted by Gasteiger charge is -2.14. The molecule has 2 heteroatoms. The summed E-state index contributed by atoms with van der Waals surface area (Å²) in [6.45, 7) is 8.57. The molecule has 2 nitrogen and oxygen atoms in total. The molecular formula is C21H22N2. The Morgan fingerprint density at radius 1 is 0.826 bits per heavy atom. The monoisotopic (exact) mass is 302 g/mol. The number of para-hydroxylation sites is 1. The SMILES string of the molecule is CC(C)=C1C(c2ccccc2)=NC(C(C)C)=Nc2ccccc21. The van der Waals surface area contributed by atoms with Gasteiger partial charge >= 0.3 is 0 Å². The second-order valence-electron chi connectivity index (χ2n) is 6.34. The van der Waals surface area contributed by atoms with E-state index in [0.717, 1.165) is 28.4 Å². The van der Waals surface area contributed by atoms with Crippen LogP contribution in [0.25, 0.3) is 5.57 Å². The van der Waals surface area contributed by atoms with Crippen molar-refractivity contribution in [2.24, 2.45) is 15.9 Å². The molecule has 1 aliphatic heterocycles. The number of allylic oxidation sites excluding steroid dienone is 2. The van der Waals surface area contributed by atoms with Crippen molar-refractivity contribution in [1.82, 2.24) is 0 Å². The first-order valence-electron chi connectivity index (χ1n) is 8.08. The minimum Gasteiger partial charge on any atom is -0.233 e. The predicted octanol–water partition coefficient (Wildman–Crippen LogP) is 5.67. The molecule has 0 spiro atoms. The van der Waals surface area contributed by atoms with Crippen LogP contribution in [0.15, 0.2) is 70.2 Å². The standard InChI is InChI=1S/C21H22N2/c1-14(2)19-17-12-8-9-13-18(17)22-21(15(3)4)23-20(19)16-10-6-5-7-11-16/h5-13,15H,1-4H3. The lowest BCUT2D eigenvalue weighted by atomic mass is 9.91. The number of fused-ring (bicyclic) bond motifs is 1. The fourth-order valence-corrected chi connectivity index (χ4v) is 2.80. The van der Waals surface area contributed by atoms with Gasteiger partial charge in [-0.2, -0.15) is 0 Å². The molecule has 0 aromatic heterocycles. The number of benzene rings is 2. The van der Waals surface area contributed by atoms with Gasteiger partial charge in [-0.25, -0.2) is 9.98 Å². The van der Waals surface area contributed by atoms with Gasteiger partial charge in [0, 0.05) is 22.6 Å². The van der Waals surface area contributed by atoms with E-state index in [1.807, 2.05) is 12.1 Å². The third-order valence-corrected chi connectivity index (χ3v) is 3.94. The van der Waals surface area contributed by atoms with Crippen molar-refractivity contribution < 1.29 is 0 Å². The van der Waals surface area contributed by atoms with Crippen LogP contribution >= 0.6 is 0 Å². The van der Waals surface area contributed by atoms with Crippen molar-refractivity contribution in [1.29, 1.82) is 0 Å². The summed E-state index contributed by atoms with van der Waals surface area (Å²) in [5, 5.41) is 0. The molecule has 0 bridgehead atoms. The Bertz CT molecular complexity index is 805. The Balaban J connectivity index is 2.33. The Morgan fingerprint density at radius 2 is 1.48 bits per heavy atom. The van der Waals surface area contributed by atoms with Crippen molar-refractivity contribution in [2.75, 3.05) is 0 Å². The average Bonchev–Trinajstić information content (AvgIpc) is 2.72. The predicted molar refractivity (Wildman–Crippen MR) is 99.6 cm³/mol. The lowest BCUT2D eigenvalue weighted by Crippen LogP contribution is -2.10. The molecule has 0 unspecified atom stereocenters. The molecule has 0 saturated heterocycles. The first-order chi connectivity index (χ1) is 11.1. The summed E-state index contributed by atoms with van der Waals surface area (Å²) >= 11 is 0. The van der Waals surface area contributed by atoms with Crippen LogP contribution in [0.4, 0.5) is 5.69 Å². The van der Waals surface area contributed by atoms with Crippen molar-refractivity contribution in [3.63, 3.8) is 0 Å². The molecule has 0 fully saturated rings. The van der Waals surface area contributed by atoms with Gasteiger partial charge in [0.05, 0.1) is 11.4 Å². The third kappa shape index (κ3) is 3.02. The van der Waals surface area contributed by atoms with Gasteiger partial charge < -0.3 is 0 Å². The number of hydrogen-bond donors (Lipinski definition) is 0. The molecule has 0 atom stereocenters. The van der Waals surface area contributed by atoms with Crippen LogP contribution in [0, 0.1) is 5.92 Å². The highest BCUT2D eigenvalue weighted by Gasteiger charge is 2.21. The van der Waals surface area contributed by atoms with E-state index in [2.05, 4.69) is 70.2 Å². The second-order valence-corrected chi connectivity index (χ2v) is 6.34. The number of rotatable bonds is 2. The first kappa shape index (κ1) is 15.4. The van der Waals surface area contributed by atoms with E-state index in [4.69, 9.17) is 9.98 Å². The van der Waals surface area contributed by atoms with Gasteiger partial charge in [0.1, 0.15) is 5.84 Å². The van der Waals surface area contributed by atoms with E-state index < -0.39 is 0 Å². The van der Waals surface area contributed by atoms with E-state index in [9.17, 15) is 0 Å². The van der Waals surface area contributed by atoms with Crippen molar-refractivity contribution >= 4 is 22.8 Å². The van der Waals surface area contributed by atoms with E-state index in [1.54, 1.807) is 0 Å². The summed E-state index contributed by atoms with van der Waals surface area (Å²) in [4.78, 5) is 9.81. The molecule has 0 aliphatic carbocycles. The Kier molecular flexibility index (Phi) is 4.24. The zero-order valence-electron chi connectivity index (χ0n) is 14.2. The molecule has 2 aromatic carbocycles. The zero-order valence-corrected chi connectivity index (χ0v) is 14.2. The van der Waals surface area contributed by atoms with Crippen molar-refractivity contribution in [3.8, 4) is 0 Å². The van der Waals surface area contributed by atoms with E-state index >= 15 is 0 Å². The van der Waals surface area contributed by atoms with Crippen LogP contribution in [0.2, 0.25) is 0 Å². The Labute approximate surface area is 138 Å². The number of nitrogens with zero attached hydrogens (tertiary/aromatic N) is 2. The van der Waals surface area contributed by atoms with Crippen LogP contribution in [0.5, 0.6) is 0 Å². The normalized spacial score (nSPS) is 14.0. The second kappa shape index (κ2) is 6.33. The molecule has 1 aliphatic rings. The van der Waals surface area contributed by atoms with Gasteiger partial charge in [0.25, 0.3) is 0 Å². The van der Waals surface area contributed by atoms with Crippen LogP contribution < -0.4 is 0 Å². The molecule has 3 rings (SSSR count). The zero-order chi connectivity index (χ0) is 16.4. The summed E-state index contributed by atoms with van der Waals surface area (Å²) in [6.07, 6.45) is 0. The largest absolute Gasteiger partial charge is 0.233 e. The van der Waals surface area contributed by atoms with Crippen LogP contribution in [-0.2, 0) is 0 Å². The van der Waals surface area contributed by atoms with Gasteiger partial charge in [-0.1, -0.05) is 68.0 Å². The number of amidine groups is 1. The summed E-state index contributed by atoms with van der Waals surface area (Å²) in [5.41, 5.74) is 6.75. The summed E-state index contributed by atoms with van der Waals surface area (Å²) < 4.78 is 0. The van der Waals surface area contributed by atoms with Crippen molar-refractivity contribution in [2.45, 2.75) is 27.7 Å². The maximum absolute atomic E-state index is 4.97. The lowest BCUT2D eigenvalue weighted by molar-refractivity contribution is 0.874. The third-order valence-electron chi connectivity index (χ3n) is 3.94. The molecule has 0 saturated carbocycles. The smallest absolute Gasteiger partial charge is 0.132 e. The molecule has 116 valence electrons. The highest BCUT2D eigenvalue weighted by molar-refractivity contribution is 6.36. The summed E-state index contributed by atoms with van der Waals surface area (Å²) in [6, 6.07) is 18.7. The minimum absolute atomic E-state index is 0.276. The van der Waals surface area contributed by atoms with Gasteiger partial charge in [0.15, 0.2) is 0 Å². The highest BCUT2D eigenvalue weighted by Crippen LogP contribution is 2.34. The Morgan fingerprint density at radius 3 is 2.13 bits per heavy atom. The van der Waals surface area contributed by atoms with Crippen LogP contribution in [0.1, 0.15) is 38.8 Å². The van der Waals surface area contributed by atoms with E-state index in [0.29, 0.717) is 0 Å². The average molecular weight is 302 g/mol. The van der Waals surface area contributed by atoms with Crippen LogP contribution in [-0.4, -0.2) is 11.5 Å². The van der Waals surface area contributed by atoms with Gasteiger partial charge in [-0.05, 0) is 19.9 Å². The molecule has 0 N–H and O–H groups in total. The molecule has 23 heavy (non-hydrogen) atoms. The summed E-state index contributed by atoms with van der Waals surface area (Å²) in [5.74, 6) is 1.16. The topological polar surface area (TPSA) is 24.7 Å². The highest BCUT2D eigenvalue weighted by atomic mass is 14.9. The fraction of sp³-hybridized carbons (Fsp3) is 0.238. The molecule has 2 aromatic rings. The van der Waals surface area contributed by atoms with Gasteiger partial charge in [-0.15, -0.1) is 0 Å². The quantitative estimate of drug-likeness (QED) is 0.683. The van der Waals surface area contributed by atoms with Gasteiger partial charge in [-0.3, -0.25) is 0 Å². The van der Waals surface area contributed by atoms with Crippen molar-refractivity contribution in [3.05, 3.63) is 71.3 Å². The Hall–Kier alpha value is -2.48. The fourth-order valence-electron chi connectivity index (χ4n) is 2.80. The molecule has 1 heterocycles. The first-order valence-corrected chi connectivity index (χ1v) is 8.08. The van der Waals surface area contributed by atoms with E-state index in [-0.39, 0.29) is 5.92 Å². The molecular weight excluding hydrogens is 280 g/mol. The maximum Gasteiger partial charge on any atom is 0.132 e. The van der Waals surface area contributed by atoms with E-state index in [1.165, 1.54) is 11.1 Å². The van der Waals surface area contributed by atoms with Gasteiger partial charge in [0.2, 0.25) is 0 Å². The van der Waals surface area contributed by atoms with Crippen LogP contribution in [0.3, 0.4) is 0 Å². The molecule has 0 radical (unpaired) electrons. The maximum atomic E-state index is 4.97. The molecule has 0 amide bonds. The number of hydrogen-bond acceptors (Lipinski definition) is 2. The summed E-state index contributed by atoms with van der Waals surface area (Å²) in [7, 11) is 0. The minimum atomic E-state index is 0.276. The number of aliphatic imine (C=N–C) groups is 2.